The van der Waals surface area contributed by atoms with Crippen LogP contribution in [0.5, 0.6) is 5.75 Å². The van der Waals surface area contributed by atoms with Crippen molar-refractivity contribution >= 4 is 28.7 Å². The topological polar surface area (TPSA) is 155 Å². The van der Waals surface area contributed by atoms with E-state index in [2.05, 4.69) is 40.4 Å². The molecule has 2 aliphatic heterocycles. The van der Waals surface area contributed by atoms with Gasteiger partial charge < -0.3 is 29.6 Å². The molecular weight excluding hydrogens is 699 g/mol. The number of amides is 2. The van der Waals surface area contributed by atoms with Crippen LogP contribution in [0, 0.1) is 5.41 Å². The highest BCUT2D eigenvalue weighted by Crippen LogP contribution is 2.42. The Morgan fingerprint density at radius 1 is 1.13 bits per heavy atom. The summed E-state index contributed by atoms with van der Waals surface area (Å²) in [4.78, 5) is 46.1. The zero-order chi connectivity index (χ0) is 39.8. The van der Waals surface area contributed by atoms with Crippen LogP contribution in [0.3, 0.4) is 0 Å². The van der Waals surface area contributed by atoms with E-state index in [9.17, 15) is 24.6 Å². The molecule has 2 amide bonds. The number of nitrogens with one attached hydrogen (secondary N) is 2. The van der Waals surface area contributed by atoms with E-state index in [4.69, 9.17) is 14.5 Å². The van der Waals surface area contributed by atoms with E-state index in [1.54, 1.807) is 32.4 Å². The summed E-state index contributed by atoms with van der Waals surface area (Å²) in [5.41, 5.74) is 8.17. The smallest absolute Gasteiger partial charge is 0.355 e. The molecule has 3 atom stereocenters. The number of phenols is 1. The number of methoxy groups -OCH3 is 1. The van der Waals surface area contributed by atoms with E-state index in [1.807, 2.05) is 52.8 Å². The predicted octanol–water partition coefficient (Wildman–Crippen LogP) is 6.13. The first-order valence-corrected chi connectivity index (χ1v) is 19.0. The summed E-state index contributed by atoms with van der Waals surface area (Å²) in [6.07, 6.45) is 2.34. The SMILES string of the molecule is CCn1c(-c2cccnc2[C@H](C)OC)c2c3cc(ccc31)-c1cc(O)cc(c1)C[C@H](NC(=O)C(C)=C(C)C)C(=O)N1CCC[C@@](O)(N1)C(=O)OCC(C)(C)C2. The van der Waals surface area contributed by atoms with Crippen molar-refractivity contribution in [2.45, 2.75) is 98.6 Å². The first-order valence-electron chi connectivity index (χ1n) is 19.0. The highest BCUT2D eigenvalue weighted by atomic mass is 16.6. The molecule has 2 aliphatic rings. The average molecular weight is 752 g/mol. The predicted molar refractivity (Wildman–Crippen MR) is 211 cm³/mol. The summed E-state index contributed by atoms with van der Waals surface area (Å²) in [5, 5.41) is 27.8. The number of nitrogens with zero attached hydrogens (tertiary/aromatic N) is 3. The molecule has 0 radical (unpaired) electrons. The number of aromatic nitrogens is 2. The molecule has 4 heterocycles. The largest absolute Gasteiger partial charge is 0.508 e. The van der Waals surface area contributed by atoms with E-state index in [1.165, 1.54) is 5.01 Å². The molecule has 0 spiro atoms. The fourth-order valence-electron chi connectivity index (χ4n) is 7.60. The number of ether oxygens (including phenoxy) is 2. The Balaban J connectivity index is 1.57. The quantitative estimate of drug-likeness (QED) is 0.135. The number of carbonyl (C=O) groups excluding carboxylic acids is 3. The Bertz CT molecular complexity index is 2170. The second-order valence-electron chi connectivity index (χ2n) is 15.8. The van der Waals surface area contributed by atoms with Gasteiger partial charge in [-0.2, -0.15) is 5.43 Å². The normalized spacial score (nSPS) is 20.7. The van der Waals surface area contributed by atoms with Crippen molar-refractivity contribution in [3.63, 3.8) is 0 Å². The molecule has 1 fully saturated rings. The lowest BCUT2D eigenvalue weighted by Gasteiger charge is -2.40. The molecular formula is C43H53N5O7. The van der Waals surface area contributed by atoms with Crippen LogP contribution in [-0.2, 0) is 43.2 Å². The number of phenolic OH excluding ortho intramolecular Hbond substituents is 1. The van der Waals surface area contributed by atoms with Crippen LogP contribution < -0.4 is 10.7 Å². The molecule has 0 aliphatic carbocycles. The van der Waals surface area contributed by atoms with Crippen LogP contribution in [0.1, 0.15) is 84.2 Å². The molecule has 55 heavy (non-hydrogen) atoms. The number of carbonyl (C=O) groups is 3. The molecule has 0 saturated carbocycles. The number of aryl methyl sites for hydroxylation is 1. The standard InChI is InChI=1S/C43H53N5O7/c1-9-47-36-14-13-29-22-33(36)34(38(47)32-12-10-16-44-37(32)27(5)54-8)23-42(6,7)24-55-41(52)43(53)15-11-17-48(46-43)40(51)35(45-39(50)26(4)25(2)3)20-28-18-30(29)21-31(49)19-28/h10,12-14,16,18-19,21-22,27,35,46,49,53H,9,11,15,17,20,23-24H2,1-8H3,(H,45,50)/t27-,35-,43-/m0/s1. The van der Waals surface area contributed by atoms with E-state index >= 15 is 0 Å². The van der Waals surface area contributed by atoms with Crippen LogP contribution in [0.15, 0.2) is 65.9 Å². The lowest BCUT2D eigenvalue weighted by Crippen LogP contribution is -2.67. The second-order valence-corrected chi connectivity index (χ2v) is 15.8. The number of benzene rings is 2. The Labute approximate surface area is 322 Å². The lowest BCUT2D eigenvalue weighted by molar-refractivity contribution is -0.189. The second kappa shape index (κ2) is 15.6. The van der Waals surface area contributed by atoms with E-state index in [-0.39, 0.29) is 37.8 Å². The Morgan fingerprint density at radius 3 is 2.60 bits per heavy atom. The van der Waals surface area contributed by atoms with Crippen molar-refractivity contribution < 1.29 is 34.1 Å². The summed E-state index contributed by atoms with van der Waals surface area (Å²) in [5.74, 6) is -1.83. The van der Waals surface area contributed by atoms with Gasteiger partial charge in [-0.25, -0.2) is 4.79 Å². The van der Waals surface area contributed by atoms with Gasteiger partial charge in [-0.15, -0.1) is 0 Å². The Morgan fingerprint density at radius 2 is 1.89 bits per heavy atom. The van der Waals surface area contributed by atoms with Gasteiger partial charge in [0.2, 0.25) is 11.6 Å². The van der Waals surface area contributed by atoms with E-state index in [0.29, 0.717) is 30.5 Å². The zero-order valence-corrected chi connectivity index (χ0v) is 33.1. The summed E-state index contributed by atoms with van der Waals surface area (Å²) in [7, 11) is 1.66. The summed E-state index contributed by atoms with van der Waals surface area (Å²) in [6, 6.07) is 14.3. The number of hydrogen-bond acceptors (Lipinski definition) is 9. The number of allylic oxidation sites excluding steroid dienone is 1. The minimum absolute atomic E-state index is 0.00922. The monoisotopic (exact) mass is 751 g/mol. The molecule has 6 rings (SSSR count). The van der Waals surface area contributed by atoms with Crippen molar-refractivity contribution in [2.75, 3.05) is 20.3 Å². The molecule has 4 N–H and O–H groups in total. The first-order chi connectivity index (χ1) is 26.1. The van der Waals surface area contributed by atoms with Gasteiger partial charge in [0, 0.05) is 66.7 Å². The van der Waals surface area contributed by atoms with Crippen molar-refractivity contribution in [1.82, 2.24) is 25.3 Å². The molecule has 2 aromatic carbocycles. The number of pyridine rings is 1. The van der Waals surface area contributed by atoms with Gasteiger partial charge >= 0.3 is 5.97 Å². The molecule has 12 heteroatoms. The van der Waals surface area contributed by atoms with Crippen LogP contribution in [0.25, 0.3) is 33.3 Å². The number of aromatic hydroxyl groups is 1. The minimum atomic E-state index is -2.17. The van der Waals surface area contributed by atoms with Gasteiger partial charge in [0.15, 0.2) is 0 Å². The third-order valence-corrected chi connectivity index (χ3v) is 10.9. The summed E-state index contributed by atoms with van der Waals surface area (Å²) < 4.78 is 13.9. The van der Waals surface area contributed by atoms with Crippen molar-refractivity contribution in [3.05, 3.63) is 82.7 Å². The van der Waals surface area contributed by atoms with Crippen LogP contribution >= 0.6 is 0 Å². The third kappa shape index (κ3) is 8.03. The maximum absolute atomic E-state index is 14.2. The number of rotatable bonds is 6. The van der Waals surface area contributed by atoms with Gasteiger partial charge in [-0.1, -0.05) is 31.6 Å². The van der Waals surface area contributed by atoms with Crippen LogP contribution in [-0.4, -0.2) is 74.6 Å². The fraction of sp³-hybridized carbons (Fsp3) is 0.442. The van der Waals surface area contributed by atoms with E-state index < -0.39 is 35.0 Å². The summed E-state index contributed by atoms with van der Waals surface area (Å²) >= 11 is 0. The number of aliphatic hydroxyl groups is 1. The molecule has 2 aromatic heterocycles. The maximum Gasteiger partial charge on any atom is 0.355 e. The fourth-order valence-corrected chi connectivity index (χ4v) is 7.60. The molecule has 1 saturated heterocycles. The zero-order valence-electron chi connectivity index (χ0n) is 33.1. The molecule has 4 aromatic rings. The van der Waals surface area contributed by atoms with Gasteiger partial charge in [0.05, 0.1) is 24.1 Å². The van der Waals surface area contributed by atoms with Gasteiger partial charge in [0.1, 0.15) is 11.8 Å². The lowest BCUT2D eigenvalue weighted by atomic mass is 9.84. The Hall–Kier alpha value is -5.04. The molecule has 12 nitrogen and oxygen atoms in total. The van der Waals surface area contributed by atoms with Crippen molar-refractivity contribution in [3.8, 4) is 28.1 Å². The Kier molecular flexibility index (Phi) is 11.2. The number of cyclic esters (lactones) is 1. The van der Waals surface area contributed by atoms with E-state index in [0.717, 1.165) is 50.1 Å². The minimum Gasteiger partial charge on any atom is -0.508 e. The molecule has 292 valence electrons. The van der Waals surface area contributed by atoms with Crippen LogP contribution in [0.4, 0.5) is 0 Å². The average Bonchev–Trinajstić information content (AvgIpc) is 3.46. The summed E-state index contributed by atoms with van der Waals surface area (Å²) in [6.45, 7) is 14.3. The maximum atomic E-state index is 14.2. The molecule has 6 bridgehead atoms. The van der Waals surface area contributed by atoms with Gasteiger partial charge in [-0.05, 0) is 106 Å². The number of hydrogen-bond donors (Lipinski definition) is 4. The van der Waals surface area contributed by atoms with Crippen molar-refractivity contribution in [2.24, 2.45) is 5.41 Å². The van der Waals surface area contributed by atoms with Gasteiger partial charge in [-0.3, -0.25) is 19.6 Å². The highest BCUT2D eigenvalue weighted by molar-refractivity contribution is 5.98. The number of esters is 1. The van der Waals surface area contributed by atoms with Crippen LogP contribution in [0.2, 0.25) is 0 Å². The number of hydrazine groups is 1. The van der Waals surface area contributed by atoms with Gasteiger partial charge in [0.25, 0.3) is 5.91 Å². The molecule has 0 unspecified atom stereocenters. The highest BCUT2D eigenvalue weighted by Gasteiger charge is 2.45. The first kappa shape index (κ1) is 39.6. The van der Waals surface area contributed by atoms with Crippen molar-refractivity contribution in [1.29, 1.82) is 0 Å². The number of fused-ring (bicyclic) bond motifs is 6. The third-order valence-electron chi connectivity index (χ3n) is 10.9.